The van der Waals surface area contributed by atoms with Crippen molar-refractivity contribution < 1.29 is 9.32 Å². The van der Waals surface area contributed by atoms with Crippen molar-refractivity contribution in [3.8, 4) is 0 Å². The topological polar surface area (TPSA) is 55.1 Å². The molecule has 0 aliphatic carbocycles. The Labute approximate surface area is 106 Å². The van der Waals surface area contributed by atoms with Crippen molar-refractivity contribution in [3.63, 3.8) is 0 Å². The fourth-order valence-electron chi connectivity index (χ4n) is 1.76. The Hall–Kier alpha value is -2.10. The predicted molar refractivity (Wildman–Crippen MR) is 69.8 cm³/mol. The van der Waals surface area contributed by atoms with Crippen LogP contribution in [0.5, 0.6) is 0 Å². The lowest BCUT2D eigenvalue weighted by Gasteiger charge is -2.08. The number of aromatic nitrogens is 1. The van der Waals surface area contributed by atoms with E-state index in [1.807, 2.05) is 31.2 Å². The fourth-order valence-corrected chi connectivity index (χ4v) is 1.76. The predicted octanol–water partition coefficient (Wildman–Crippen LogP) is 3.11. The van der Waals surface area contributed by atoms with Gasteiger partial charge in [-0.3, -0.25) is 4.79 Å². The summed E-state index contributed by atoms with van der Waals surface area (Å²) >= 11 is 0. The van der Waals surface area contributed by atoms with Crippen LogP contribution in [-0.2, 0) is 6.42 Å². The van der Waals surface area contributed by atoms with E-state index in [-0.39, 0.29) is 5.91 Å². The first-order chi connectivity index (χ1) is 8.63. The average molecular weight is 244 g/mol. The Morgan fingerprint density at radius 2 is 2.06 bits per heavy atom. The summed E-state index contributed by atoms with van der Waals surface area (Å²) in [7, 11) is 0. The number of nitrogens with one attached hydrogen (secondary N) is 1. The fraction of sp³-hybridized carbons (Fsp3) is 0.286. The van der Waals surface area contributed by atoms with E-state index in [2.05, 4.69) is 17.4 Å². The van der Waals surface area contributed by atoms with Crippen LogP contribution in [0, 0.1) is 13.8 Å². The number of rotatable bonds is 3. The number of hydrogen-bond donors (Lipinski definition) is 1. The van der Waals surface area contributed by atoms with Crippen LogP contribution < -0.4 is 5.32 Å². The van der Waals surface area contributed by atoms with Gasteiger partial charge < -0.3 is 9.84 Å². The number of hydrogen-bond acceptors (Lipinski definition) is 3. The molecule has 4 heteroatoms. The smallest absolute Gasteiger partial charge is 0.278 e. The molecule has 0 fully saturated rings. The minimum Gasteiger partial charge on any atom is -0.361 e. The van der Waals surface area contributed by atoms with Gasteiger partial charge in [-0.05, 0) is 31.9 Å². The lowest BCUT2D eigenvalue weighted by Crippen LogP contribution is -2.14. The third-order valence-corrected chi connectivity index (χ3v) is 3.02. The van der Waals surface area contributed by atoms with Gasteiger partial charge >= 0.3 is 0 Å². The molecule has 0 saturated heterocycles. The molecule has 0 aliphatic rings. The van der Waals surface area contributed by atoms with Crippen LogP contribution in [0.4, 0.5) is 5.69 Å². The first-order valence-corrected chi connectivity index (χ1v) is 5.95. The molecule has 1 aromatic heterocycles. The summed E-state index contributed by atoms with van der Waals surface area (Å²) in [5, 5.41) is 6.65. The Morgan fingerprint density at radius 1 is 1.33 bits per heavy atom. The molecular formula is C14H16N2O2. The molecule has 1 aromatic carbocycles. The van der Waals surface area contributed by atoms with Crippen LogP contribution in [0.1, 0.15) is 34.3 Å². The summed E-state index contributed by atoms with van der Waals surface area (Å²) in [6.07, 6.45) is 0.868. The Bertz CT molecular complexity index is 573. The molecule has 0 aliphatic heterocycles. The normalized spacial score (nSPS) is 10.4. The summed E-state index contributed by atoms with van der Waals surface area (Å²) in [5.41, 5.74) is 3.05. The lowest BCUT2D eigenvalue weighted by atomic mass is 10.1. The van der Waals surface area contributed by atoms with E-state index >= 15 is 0 Å². The highest BCUT2D eigenvalue weighted by atomic mass is 16.5. The second-order valence-corrected chi connectivity index (χ2v) is 4.18. The quantitative estimate of drug-likeness (QED) is 0.902. The molecule has 1 amide bonds. The van der Waals surface area contributed by atoms with Gasteiger partial charge in [0, 0.05) is 11.3 Å². The van der Waals surface area contributed by atoms with E-state index in [1.165, 1.54) is 0 Å². The highest BCUT2D eigenvalue weighted by Crippen LogP contribution is 2.18. The summed E-state index contributed by atoms with van der Waals surface area (Å²) in [6, 6.07) is 7.74. The molecule has 1 heterocycles. The van der Waals surface area contributed by atoms with Gasteiger partial charge in [-0.15, -0.1) is 0 Å². The Balaban J connectivity index is 2.24. The first kappa shape index (κ1) is 12.4. The number of carbonyl (C=O) groups is 1. The minimum absolute atomic E-state index is 0.231. The van der Waals surface area contributed by atoms with Gasteiger partial charge in [-0.25, -0.2) is 0 Å². The molecule has 2 aromatic rings. The van der Waals surface area contributed by atoms with Gasteiger partial charge in [-0.1, -0.05) is 30.3 Å². The van der Waals surface area contributed by atoms with Crippen LogP contribution in [0.2, 0.25) is 0 Å². The number of anilines is 1. The maximum atomic E-state index is 12.1. The van der Waals surface area contributed by atoms with Crippen LogP contribution in [0.15, 0.2) is 28.8 Å². The molecule has 2 rings (SSSR count). The molecular weight excluding hydrogens is 228 g/mol. The van der Waals surface area contributed by atoms with Crippen molar-refractivity contribution in [1.29, 1.82) is 0 Å². The maximum absolute atomic E-state index is 12.1. The van der Waals surface area contributed by atoms with Gasteiger partial charge in [0.2, 0.25) is 0 Å². The molecule has 4 nitrogen and oxygen atoms in total. The lowest BCUT2D eigenvalue weighted by molar-refractivity contribution is 0.101. The van der Waals surface area contributed by atoms with E-state index < -0.39 is 0 Å². The molecule has 0 atom stereocenters. The zero-order chi connectivity index (χ0) is 13.1. The highest BCUT2D eigenvalue weighted by Gasteiger charge is 2.17. The largest absolute Gasteiger partial charge is 0.361 e. The second kappa shape index (κ2) is 5.04. The summed E-state index contributed by atoms with van der Waals surface area (Å²) in [4.78, 5) is 12.1. The molecule has 94 valence electrons. The van der Waals surface area contributed by atoms with Crippen molar-refractivity contribution in [2.45, 2.75) is 27.2 Å². The van der Waals surface area contributed by atoms with Crippen LogP contribution in [0.25, 0.3) is 0 Å². The number of para-hydroxylation sites is 1. The maximum Gasteiger partial charge on any atom is 0.278 e. The number of aryl methyl sites for hydroxylation is 2. The summed E-state index contributed by atoms with van der Waals surface area (Å²) < 4.78 is 5.00. The third kappa shape index (κ3) is 2.27. The zero-order valence-corrected chi connectivity index (χ0v) is 10.8. The molecule has 0 radical (unpaired) electrons. The number of benzene rings is 1. The number of nitrogens with zero attached hydrogens (tertiary/aromatic N) is 1. The second-order valence-electron chi connectivity index (χ2n) is 4.18. The van der Waals surface area contributed by atoms with E-state index in [4.69, 9.17) is 4.52 Å². The van der Waals surface area contributed by atoms with Gasteiger partial charge in [0.05, 0.1) is 0 Å². The zero-order valence-electron chi connectivity index (χ0n) is 10.8. The van der Waals surface area contributed by atoms with Crippen molar-refractivity contribution >= 4 is 11.6 Å². The number of amides is 1. The summed E-state index contributed by atoms with van der Waals surface area (Å²) in [6.45, 7) is 5.67. The van der Waals surface area contributed by atoms with Gasteiger partial charge in [0.15, 0.2) is 5.69 Å². The Morgan fingerprint density at radius 3 is 2.67 bits per heavy atom. The van der Waals surface area contributed by atoms with Crippen molar-refractivity contribution in [2.75, 3.05) is 5.32 Å². The minimum atomic E-state index is -0.231. The molecule has 0 unspecified atom stereocenters. The van der Waals surface area contributed by atoms with Crippen molar-refractivity contribution in [1.82, 2.24) is 5.16 Å². The molecule has 0 saturated carbocycles. The van der Waals surface area contributed by atoms with Gasteiger partial charge in [0.1, 0.15) is 5.76 Å². The molecule has 1 N–H and O–H groups in total. The monoisotopic (exact) mass is 244 g/mol. The van der Waals surface area contributed by atoms with E-state index in [9.17, 15) is 4.79 Å². The average Bonchev–Trinajstić information content (AvgIpc) is 2.71. The SMILES string of the molecule is CCc1ccccc1NC(=O)c1noc(C)c1C. The standard InChI is InChI=1S/C14H16N2O2/c1-4-11-7-5-6-8-12(11)15-14(17)13-9(2)10(3)18-16-13/h5-8H,4H2,1-3H3,(H,15,17). The molecule has 0 spiro atoms. The third-order valence-electron chi connectivity index (χ3n) is 3.02. The Kier molecular flexibility index (Phi) is 3.46. The van der Waals surface area contributed by atoms with E-state index in [1.54, 1.807) is 6.92 Å². The molecule has 0 bridgehead atoms. The number of carbonyl (C=O) groups excluding carboxylic acids is 1. The van der Waals surface area contributed by atoms with E-state index in [0.717, 1.165) is 23.2 Å². The summed E-state index contributed by atoms with van der Waals surface area (Å²) in [5.74, 6) is 0.439. The highest BCUT2D eigenvalue weighted by molar-refractivity contribution is 6.04. The van der Waals surface area contributed by atoms with E-state index in [0.29, 0.717) is 11.5 Å². The molecule has 18 heavy (non-hydrogen) atoms. The van der Waals surface area contributed by atoms with Crippen LogP contribution in [-0.4, -0.2) is 11.1 Å². The van der Waals surface area contributed by atoms with Gasteiger partial charge in [0.25, 0.3) is 5.91 Å². The van der Waals surface area contributed by atoms with Crippen molar-refractivity contribution in [3.05, 3.63) is 46.8 Å². The first-order valence-electron chi connectivity index (χ1n) is 5.95. The van der Waals surface area contributed by atoms with Crippen LogP contribution in [0.3, 0.4) is 0 Å². The van der Waals surface area contributed by atoms with Gasteiger partial charge in [-0.2, -0.15) is 0 Å². The van der Waals surface area contributed by atoms with Crippen molar-refractivity contribution in [2.24, 2.45) is 0 Å². The van der Waals surface area contributed by atoms with Crippen LogP contribution >= 0.6 is 0 Å².